The van der Waals surface area contributed by atoms with Gasteiger partial charge in [-0.2, -0.15) is 0 Å². The van der Waals surface area contributed by atoms with Gasteiger partial charge in [-0.25, -0.2) is 0 Å². The van der Waals surface area contributed by atoms with Gasteiger partial charge in [0.05, 0.1) is 13.1 Å². The second-order valence-electron chi connectivity index (χ2n) is 5.91. The summed E-state index contributed by atoms with van der Waals surface area (Å²) in [6, 6.07) is 1.98. The summed E-state index contributed by atoms with van der Waals surface area (Å²) in [6.45, 7) is 5.30. The molecule has 0 aromatic carbocycles. The molecule has 1 aliphatic carbocycles. The van der Waals surface area contributed by atoms with Crippen LogP contribution in [-0.4, -0.2) is 12.5 Å². The van der Waals surface area contributed by atoms with E-state index in [9.17, 15) is 4.79 Å². The summed E-state index contributed by atoms with van der Waals surface area (Å²) in [5, 5.41) is 5.07. The third kappa shape index (κ3) is 3.41. The monoisotopic (exact) mass is 290 g/mol. The number of carbonyl (C=O) groups is 1. The molecule has 1 aliphatic rings. The van der Waals surface area contributed by atoms with Gasteiger partial charge in [0.2, 0.25) is 5.91 Å². The van der Waals surface area contributed by atoms with E-state index in [0.29, 0.717) is 13.1 Å². The Morgan fingerprint density at radius 1 is 1.60 bits per heavy atom. The minimum Gasteiger partial charge on any atom is -0.351 e. The number of rotatable bonds is 3. The normalized spacial score (nSPS) is 20.2. The van der Waals surface area contributed by atoms with Crippen LogP contribution in [0.25, 0.3) is 0 Å². The van der Waals surface area contributed by atoms with Gasteiger partial charge in [-0.1, -0.05) is 32.1 Å². The molecule has 20 heavy (non-hydrogen) atoms. The maximum atomic E-state index is 12.3. The summed E-state index contributed by atoms with van der Waals surface area (Å²) in [5.41, 5.74) is 6.49. The summed E-state index contributed by atoms with van der Waals surface area (Å²) in [6.07, 6.45) is 3.29. The first-order chi connectivity index (χ1) is 9.54. The van der Waals surface area contributed by atoms with E-state index >= 15 is 0 Å². The number of nitrogens with one attached hydrogen (secondary N) is 1. The smallest absolute Gasteiger partial charge is 0.223 e. The van der Waals surface area contributed by atoms with Crippen LogP contribution in [0.1, 0.15) is 43.6 Å². The lowest BCUT2D eigenvalue weighted by molar-refractivity contribution is -0.127. The molecule has 1 heterocycles. The minimum absolute atomic E-state index is 0.127. The maximum absolute atomic E-state index is 12.3. The molecular formula is C16H22N2OS. The Balaban J connectivity index is 1.96. The number of nitrogens with two attached hydrogens (primary N) is 1. The van der Waals surface area contributed by atoms with Crippen LogP contribution < -0.4 is 11.1 Å². The third-order valence-corrected chi connectivity index (χ3v) is 4.99. The van der Waals surface area contributed by atoms with Crippen LogP contribution in [0.5, 0.6) is 0 Å². The molecule has 1 unspecified atom stereocenters. The fourth-order valence-corrected chi connectivity index (χ4v) is 3.61. The van der Waals surface area contributed by atoms with Gasteiger partial charge in [0.25, 0.3) is 0 Å². The number of thiophene rings is 1. The second kappa shape index (κ2) is 6.43. The van der Waals surface area contributed by atoms with Crippen molar-refractivity contribution >= 4 is 17.2 Å². The van der Waals surface area contributed by atoms with Crippen molar-refractivity contribution in [1.82, 2.24) is 5.32 Å². The lowest BCUT2D eigenvalue weighted by Crippen LogP contribution is -2.35. The molecule has 1 fully saturated rings. The van der Waals surface area contributed by atoms with Crippen LogP contribution >= 0.6 is 11.3 Å². The summed E-state index contributed by atoms with van der Waals surface area (Å²) in [5.74, 6) is 6.22. The Morgan fingerprint density at radius 2 is 2.40 bits per heavy atom. The SMILES string of the molecule is CC1(C)CCCC1C(=O)NCc1sccc1C#CCN. The Hall–Kier alpha value is -1.31. The van der Waals surface area contributed by atoms with Crippen LogP contribution in [0, 0.1) is 23.2 Å². The minimum atomic E-state index is 0.127. The average molecular weight is 290 g/mol. The molecule has 1 aromatic rings. The van der Waals surface area contributed by atoms with Crippen LogP contribution in [0.2, 0.25) is 0 Å². The first-order valence-corrected chi connectivity index (χ1v) is 7.95. The van der Waals surface area contributed by atoms with E-state index in [1.54, 1.807) is 11.3 Å². The van der Waals surface area contributed by atoms with Gasteiger partial charge < -0.3 is 11.1 Å². The summed E-state index contributed by atoms with van der Waals surface area (Å²) in [4.78, 5) is 13.4. The molecule has 3 nitrogen and oxygen atoms in total. The van der Waals surface area contributed by atoms with Gasteiger partial charge in [-0.05, 0) is 29.7 Å². The Bertz CT molecular complexity index is 536. The van der Waals surface area contributed by atoms with Crippen molar-refractivity contribution < 1.29 is 4.79 Å². The third-order valence-electron chi connectivity index (χ3n) is 4.07. The highest BCUT2D eigenvalue weighted by atomic mass is 32.1. The van der Waals surface area contributed by atoms with Crippen molar-refractivity contribution in [2.45, 2.75) is 39.7 Å². The Kier molecular flexibility index (Phi) is 4.85. The molecule has 2 rings (SSSR count). The number of hydrogen-bond acceptors (Lipinski definition) is 3. The largest absolute Gasteiger partial charge is 0.351 e. The molecule has 1 amide bonds. The standard InChI is InChI=1S/C16H22N2OS/c1-16(2)8-3-6-13(16)15(19)18-11-14-12(5-4-9-17)7-10-20-14/h7,10,13H,3,6,8-9,11,17H2,1-2H3,(H,18,19). The van der Waals surface area contributed by atoms with Crippen LogP contribution in [0.15, 0.2) is 11.4 Å². The van der Waals surface area contributed by atoms with Gasteiger partial charge in [0.15, 0.2) is 0 Å². The van der Waals surface area contributed by atoms with Crippen molar-refractivity contribution in [1.29, 1.82) is 0 Å². The fraction of sp³-hybridized carbons (Fsp3) is 0.562. The van der Waals surface area contributed by atoms with Gasteiger partial charge in [0.1, 0.15) is 0 Å². The Labute approximate surface area is 124 Å². The second-order valence-corrected chi connectivity index (χ2v) is 6.92. The van der Waals surface area contributed by atoms with Gasteiger partial charge in [0, 0.05) is 16.4 Å². The van der Waals surface area contributed by atoms with E-state index in [1.807, 2.05) is 11.4 Å². The van der Waals surface area contributed by atoms with E-state index < -0.39 is 0 Å². The highest BCUT2D eigenvalue weighted by Crippen LogP contribution is 2.42. The maximum Gasteiger partial charge on any atom is 0.223 e. The Morgan fingerprint density at radius 3 is 3.05 bits per heavy atom. The molecule has 4 heteroatoms. The molecule has 0 aliphatic heterocycles. The molecule has 0 radical (unpaired) electrons. The van der Waals surface area contributed by atoms with Crippen molar-refractivity contribution in [2.24, 2.45) is 17.1 Å². The van der Waals surface area contributed by atoms with Crippen molar-refractivity contribution in [2.75, 3.05) is 6.54 Å². The van der Waals surface area contributed by atoms with E-state index in [4.69, 9.17) is 5.73 Å². The van der Waals surface area contributed by atoms with E-state index in [2.05, 4.69) is 31.0 Å². The summed E-state index contributed by atoms with van der Waals surface area (Å²) in [7, 11) is 0. The van der Waals surface area contributed by atoms with Gasteiger partial charge in [-0.3, -0.25) is 4.79 Å². The lowest BCUT2D eigenvalue weighted by Gasteiger charge is -2.25. The van der Waals surface area contributed by atoms with Crippen LogP contribution in [-0.2, 0) is 11.3 Å². The lowest BCUT2D eigenvalue weighted by atomic mass is 9.81. The zero-order valence-electron chi connectivity index (χ0n) is 12.2. The fourth-order valence-electron chi connectivity index (χ4n) is 2.84. The first-order valence-electron chi connectivity index (χ1n) is 7.07. The molecule has 0 spiro atoms. The molecular weight excluding hydrogens is 268 g/mol. The molecule has 1 saturated carbocycles. The molecule has 3 N–H and O–H groups in total. The van der Waals surface area contributed by atoms with E-state index in [-0.39, 0.29) is 17.2 Å². The van der Waals surface area contributed by atoms with E-state index in [1.165, 1.54) is 0 Å². The highest BCUT2D eigenvalue weighted by Gasteiger charge is 2.39. The zero-order chi connectivity index (χ0) is 14.6. The van der Waals surface area contributed by atoms with Crippen molar-refractivity contribution in [3.05, 3.63) is 21.9 Å². The number of carbonyl (C=O) groups excluding carboxylic acids is 1. The predicted molar refractivity (Wildman–Crippen MR) is 83.2 cm³/mol. The zero-order valence-corrected chi connectivity index (χ0v) is 13.0. The van der Waals surface area contributed by atoms with Crippen LogP contribution in [0.4, 0.5) is 0 Å². The predicted octanol–water partition coefficient (Wildman–Crippen LogP) is 2.50. The first kappa shape index (κ1) is 15.1. The molecule has 1 atom stereocenters. The van der Waals surface area contributed by atoms with Crippen molar-refractivity contribution in [3.63, 3.8) is 0 Å². The van der Waals surface area contributed by atoms with E-state index in [0.717, 1.165) is 29.7 Å². The molecule has 0 bridgehead atoms. The average Bonchev–Trinajstić information content (AvgIpc) is 2.99. The quantitative estimate of drug-likeness (QED) is 0.840. The number of amides is 1. The molecule has 108 valence electrons. The molecule has 1 aromatic heterocycles. The topological polar surface area (TPSA) is 55.1 Å². The number of hydrogen-bond donors (Lipinski definition) is 2. The summed E-state index contributed by atoms with van der Waals surface area (Å²) >= 11 is 1.63. The molecule has 0 saturated heterocycles. The van der Waals surface area contributed by atoms with Crippen molar-refractivity contribution in [3.8, 4) is 11.8 Å². The van der Waals surface area contributed by atoms with Gasteiger partial charge in [-0.15, -0.1) is 11.3 Å². The van der Waals surface area contributed by atoms with Crippen LogP contribution in [0.3, 0.4) is 0 Å². The van der Waals surface area contributed by atoms with Gasteiger partial charge >= 0.3 is 0 Å². The highest BCUT2D eigenvalue weighted by molar-refractivity contribution is 7.10. The summed E-state index contributed by atoms with van der Waals surface area (Å²) < 4.78 is 0.